The molecule has 0 bridgehead atoms. The predicted octanol–water partition coefficient (Wildman–Crippen LogP) is 3.55. The van der Waals surface area contributed by atoms with Crippen molar-refractivity contribution in [3.63, 3.8) is 0 Å². The summed E-state index contributed by atoms with van der Waals surface area (Å²) < 4.78 is 43.4. The van der Waals surface area contributed by atoms with Crippen LogP contribution in [0.5, 0.6) is 5.88 Å². The van der Waals surface area contributed by atoms with Gasteiger partial charge in [0.2, 0.25) is 5.88 Å². The number of fused-ring (bicyclic) bond motifs is 1. The molecule has 1 aliphatic heterocycles. The van der Waals surface area contributed by atoms with Crippen LogP contribution in [-0.4, -0.2) is 40.0 Å². The summed E-state index contributed by atoms with van der Waals surface area (Å²) >= 11 is 0. The van der Waals surface area contributed by atoms with Gasteiger partial charge >= 0.3 is 6.18 Å². The van der Waals surface area contributed by atoms with Crippen molar-refractivity contribution < 1.29 is 22.7 Å². The van der Waals surface area contributed by atoms with Gasteiger partial charge in [0.25, 0.3) is 5.91 Å². The minimum Gasteiger partial charge on any atom is -0.471 e. The predicted molar refractivity (Wildman–Crippen MR) is 91.3 cm³/mol. The lowest BCUT2D eigenvalue weighted by Crippen LogP contribution is -2.56. The highest BCUT2D eigenvalue weighted by Crippen LogP contribution is 2.27. The molecule has 2 aromatic heterocycles. The van der Waals surface area contributed by atoms with E-state index < -0.39 is 11.9 Å². The Bertz CT molecular complexity index is 983. The Kier molecular flexibility index (Phi) is 4.18. The zero-order valence-electron chi connectivity index (χ0n) is 14.0. The number of likely N-dealkylation sites (tertiary alicyclic amines) is 1. The number of carbonyl (C=O) groups is 1. The molecule has 27 heavy (non-hydrogen) atoms. The number of hydrogen-bond acceptors (Lipinski definition) is 4. The van der Waals surface area contributed by atoms with Gasteiger partial charge in [0.1, 0.15) is 11.8 Å². The smallest absolute Gasteiger partial charge is 0.433 e. The molecule has 0 atom stereocenters. The van der Waals surface area contributed by atoms with Crippen molar-refractivity contribution >= 4 is 16.8 Å². The summed E-state index contributed by atoms with van der Waals surface area (Å²) in [6, 6.07) is 13.3. The molecule has 138 valence electrons. The lowest BCUT2D eigenvalue weighted by molar-refractivity contribution is -0.141. The average molecular weight is 373 g/mol. The lowest BCUT2D eigenvalue weighted by Gasteiger charge is -2.38. The molecule has 0 aliphatic carbocycles. The number of rotatable bonds is 3. The fourth-order valence-electron chi connectivity index (χ4n) is 2.83. The van der Waals surface area contributed by atoms with E-state index in [2.05, 4.69) is 9.97 Å². The van der Waals surface area contributed by atoms with Gasteiger partial charge in [-0.3, -0.25) is 9.78 Å². The minimum absolute atomic E-state index is 0.116. The summed E-state index contributed by atoms with van der Waals surface area (Å²) in [4.78, 5) is 21.5. The highest BCUT2D eigenvalue weighted by Gasteiger charge is 2.35. The Balaban J connectivity index is 1.36. The van der Waals surface area contributed by atoms with Crippen LogP contribution in [0.1, 0.15) is 16.1 Å². The van der Waals surface area contributed by atoms with Crippen LogP contribution < -0.4 is 4.74 Å². The summed E-state index contributed by atoms with van der Waals surface area (Å²) in [6.07, 6.45) is -3.78. The molecule has 0 spiro atoms. The van der Waals surface area contributed by atoms with Crippen LogP contribution in [0.15, 0.2) is 54.7 Å². The van der Waals surface area contributed by atoms with Gasteiger partial charge in [0.05, 0.1) is 24.2 Å². The van der Waals surface area contributed by atoms with Crippen LogP contribution in [0, 0.1) is 0 Å². The highest BCUT2D eigenvalue weighted by atomic mass is 19.4. The molecule has 5 nitrogen and oxygen atoms in total. The van der Waals surface area contributed by atoms with E-state index in [1.54, 1.807) is 6.07 Å². The van der Waals surface area contributed by atoms with Crippen LogP contribution in [-0.2, 0) is 6.18 Å². The summed E-state index contributed by atoms with van der Waals surface area (Å²) in [7, 11) is 0. The second-order valence-electron chi connectivity index (χ2n) is 6.22. The Labute approximate surface area is 152 Å². The normalized spacial score (nSPS) is 14.9. The third-order valence-electron chi connectivity index (χ3n) is 4.30. The van der Waals surface area contributed by atoms with Crippen molar-refractivity contribution in [3.8, 4) is 5.88 Å². The molecule has 0 saturated carbocycles. The van der Waals surface area contributed by atoms with Crippen molar-refractivity contribution in [1.29, 1.82) is 0 Å². The Morgan fingerprint density at radius 1 is 1.07 bits per heavy atom. The number of benzene rings is 1. The highest BCUT2D eigenvalue weighted by molar-refractivity contribution is 5.94. The van der Waals surface area contributed by atoms with Gasteiger partial charge in [-0.05, 0) is 24.3 Å². The second kappa shape index (κ2) is 6.53. The van der Waals surface area contributed by atoms with Crippen molar-refractivity contribution in [3.05, 3.63) is 66.0 Å². The van der Waals surface area contributed by atoms with Crippen LogP contribution in [0.4, 0.5) is 13.2 Å². The SMILES string of the molecule is O=C(c1ccc(C(F)(F)F)nc1)N1CC(Oc2ccc3ccccc3n2)C1. The fourth-order valence-corrected chi connectivity index (χ4v) is 2.83. The first kappa shape index (κ1) is 17.3. The van der Waals surface area contributed by atoms with Gasteiger partial charge in [-0.1, -0.05) is 18.2 Å². The van der Waals surface area contributed by atoms with E-state index in [9.17, 15) is 18.0 Å². The number of para-hydroxylation sites is 1. The van der Waals surface area contributed by atoms with Crippen LogP contribution >= 0.6 is 0 Å². The largest absolute Gasteiger partial charge is 0.471 e. The zero-order chi connectivity index (χ0) is 19.0. The number of nitrogens with zero attached hydrogens (tertiary/aromatic N) is 3. The molecular formula is C19H14F3N3O2. The third kappa shape index (κ3) is 3.55. The van der Waals surface area contributed by atoms with Crippen LogP contribution in [0.2, 0.25) is 0 Å². The summed E-state index contributed by atoms with van der Waals surface area (Å²) in [5.41, 5.74) is -0.0883. The van der Waals surface area contributed by atoms with Crippen LogP contribution in [0.25, 0.3) is 10.9 Å². The Hall–Kier alpha value is -3.16. The number of aromatic nitrogens is 2. The number of pyridine rings is 2. The Morgan fingerprint density at radius 3 is 2.56 bits per heavy atom. The van der Waals surface area contributed by atoms with Crippen molar-refractivity contribution in [2.24, 2.45) is 0 Å². The van der Waals surface area contributed by atoms with Gasteiger partial charge < -0.3 is 9.64 Å². The van der Waals surface area contributed by atoms with E-state index in [1.165, 1.54) is 4.90 Å². The maximum atomic E-state index is 12.5. The molecule has 0 N–H and O–H groups in total. The van der Waals surface area contributed by atoms with E-state index in [4.69, 9.17) is 4.74 Å². The molecule has 0 unspecified atom stereocenters. The number of carbonyl (C=O) groups excluding carboxylic acids is 1. The van der Waals surface area contributed by atoms with Gasteiger partial charge in [-0.2, -0.15) is 13.2 Å². The maximum Gasteiger partial charge on any atom is 0.433 e. The molecule has 3 aromatic rings. The summed E-state index contributed by atoms with van der Waals surface area (Å²) in [6.45, 7) is 0.683. The van der Waals surface area contributed by atoms with E-state index in [-0.39, 0.29) is 17.6 Å². The quantitative estimate of drug-likeness (QED) is 0.705. The number of amides is 1. The maximum absolute atomic E-state index is 12.5. The lowest BCUT2D eigenvalue weighted by atomic mass is 10.1. The summed E-state index contributed by atoms with van der Waals surface area (Å²) in [5, 5.41) is 1.00. The third-order valence-corrected chi connectivity index (χ3v) is 4.30. The van der Waals surface area contributed by atoms with Crippen molar-refractivity contribution in [1.82, 2.24) is 14.9 Å². The fraction of sp³-hybridized carbons (Fsp3) is 0.211. The number of halogens is 3. The molecule has 0 radical (unpaired) electrons. The van der Waals surface area contributed by atoms with Gasteiger partial charge in [0, 0.05) is 17.6 Å². The summed E-state index contributed by atoms with van der Waals surface area (Å²) in [5.74, 6) is 0.101. The molecule has 1 saturated heterocycles. The minimum atomic E-state index is -4.52. The second-order valence-corrected chi connectivity index (χ2v) is 6.22. The van der Waals surface area contributed by atoms with E-state index >= 15 is 0 Å². The molecule has 1 aliphatic rings. The first-order chi connectivity index (χ1) is 12.9. The monoisotopic (exact) mass is 373 g/mol. The molecule has 1 amide bonds. The first-order valence-corrected chi connectivity index (χ1v) is 8.25. The average Bonchev–Trinajstić information content (AvgIpc) is 2.63. The van der Waals surface area contributed by atoms with Gasteiger partial charge in [0.15, 0.2) is 0 Å². The number of ether oxygens (including phenoxy) is 1. The zero-order valence-corrected chi connectivity index (χ0v) is 14.0. The molecule has 4 rings (SSSR count). The van der Waals surface area contributed by atoms with Crippen LogP contribution in [0.3, 0.4) is 0 Å². The topological polar surface area (TPSA) is 55.3 Å². The van der Waals surface area contributed by atoms with Crippen molar-refractivity contribution in [2.75, 3.05) is 13.1 Å². The molecular weight excluding hydrogens is 359 g/mol. The molecule has 3 heterocycles. The van der Waals surface area contributed by atoms with Gasteiger partial charge in [-0.25, -0.2) is 4.98 Å². The molecule has 1 aromatic carbocycles. The first-order valence-electron chi connectivity index (χ1n) is 8.25. The van der Waals surface area contributed by atoms with Crippen molar-refractivity contribution in [2.45, 2.75) is 12.3 Å². The Morgan fingerprint density at radius 2 is 1.85 bits per heavy atom. The van der Waals surface area contributed by atoms with Gasteiger partial charge in [-0.15, -0.1) is 0 Å². The number of hydrogen-bond donors (Lipinski definition) is 0. The van der Waals surface area contributed by atoms with E-state index in [0.717, 1.165) is 29.2 Å². The standard InChI is InChI=1S/C19H14F3N3O2/c20-19(21,22)16-7-5-13(9-23-16)18(26)25-10-14(11-25)27-17-8-6-12-3-1-2-4-15(12)24-17/h1-9,14H,10-11H2. The van der Waals surface area contributed by atoms with E-state index in [0.29, 0.717) is 19.0 Å². The molecule has 1 fully saturated rings. The number of alkyl halides is 3. The van der Waals surface area contributed by atoms with E-state index in [1.807, 2.05) is 30.3 Å². The molecule has 8 heteroatoms.